The Morgan fingerprint density at radius 3 is 2.82 bits per heavy atom. The van der Waals surface area contributed by atoms with Crippen LogP contribution in [0.2, 0.25) is 0 Å². The van der Waals surface area contributed by atoms with E-state index < -0.39 is 0 Å². The van der Waals surface area contributed by atoms with E-state index in [1.54, 1.807) is 0 Å². The topological polar surface area (TPSA) is 28.2 Å². The standard InChI is InChI=1S/C14H21N3/c1-10(15-2)12-4-6-14(16-8-12)17-9-11-3-5-13(17)7-11/h4,6,8,10-11,13,15H,3,5,7,9H2,1-2H3. The fourth-order valence-corrected chi connectivity index (χ4v) is 3.20. The highest BCUT2D eigenvalue weighted by Crippen LogP contribution is 2.39. The average molecular weight is 231 g/mol. The average Bonchev–Trinajstić information content (AvgIpc) is 3.00. The molecule has 0 amide bonds. The lowest BCUT2D eigenvalue weighted by atomic mass is 10.1. The van der Waals surface area contributed by atoms with Crippen molar-refractivity contribution in [1.29, 1.82) is 0 Å². The summed E-state index contributed by atoms with van der Waals surface area (Å²) in [5, 5.41) is 3.24. The lowest BCUT2D eigenvalue weighted by Crippen LogP contribution is -2.32. The molecule has 1 aliphatic carbocycles. The Hall–Kier alpha value is -1.09. The van der Waals surface area contributed by atoms with Gasteiger partial charge in [0.15, 0.2) is 0 Å². The van der Waals surface area contributed by atoms with Crippen molar-refractivity contribution in [2.75, 3.05) is 18.5 Å². The molecule has 0 spiro atoms. The largest absolute Gasteiger partial charge is 0.353 e. The van der Waals surface area contributed by atoms with Crippen molar-refractivity contribution < 1.29 is 0 Å². The molecule has 0 aromatic carbocycles. The Balaban J connectivity index is 1.76. The van der Waals surface area contributed by atoms with Crippen LogP contribution in [0.25, 0.3) is 0 Å². The summed E-state index contributed by atoms with van der Waals surface area (Å²) in [6.45, 7) is 3.38. The first-order chi connectivity index (χ1) is 8.28. The van der Waals surface area contributed by atoms with Gasteiger partial charge in [0.2, 0.25) is 0 Å². The SMILES string of the molecule is CNC(C)c1ccc(N2CC3CCC2C3)nc1. The minimum atomic E-state index is 0.381. The van der Waals surface area contributed by atoms with Crippen LogP contribution in [0.4, 0.5) is 5.82 Å². The predicted molar refractivity (Wildman–Crippen MR) is 70.2 cm³/mol. The van der Waals surface area contributed by atoms with Gasteiger partial charge in [-0.25, -0.2) is 4.98 Å². The number of nitrogens with one attached hydrogen (secondary N) is 1. The molecular weight excluding hydrogens is 210 g/mol. The highest BCUT2D eigenvalue weighted by molar-refractivity contribution is 5.43. The number of pyridine rings is 1. The van der Waals surface area contributed by atoms with Gasteiger partial charge < -0.3 is 10.2 Å². The Morgan fingerprint density at radius 1 is 1.41 bits per heavy atom. The van der Waals surface area contributed by atoms with Crippen LogP contribution >= 0.6 is 0 Å². The minimum absolute atomic E-state index is 0.381. The second-order valence-electron chi connectivity index (χ2n) is 5.45. The van der Waals surface area contributed by atoms with E-state index in [-0.39, 0.29) is 0 Å². The van der Waals surface area contributed by atoms with Gasteiger partial charge in [0, 0.05) is 24.8 Å². The van der Waals surface area contributed by atoms with E-state index in [9.17, 15) is 0 Å². The van der Waals surface area contributed by atoms with Crippen LogP contribution in [0, 0.1) is 5.92 Å². The Labute approximate surface area is 103 Å². The van der Waals surface area contributed by atoms with Gasteiger partial charge in [-0.2, -0.15) is 0 Å². The molecule has 3 rings (SSSR count). The first-order valence-corrected chi connectivity index (χ1v) is 6.68. The van der Waals surface area contributed by atoms with Gasteiger partial charge in [-0.05, 0) is 50.8 Å². The van der Waals surface area contributed by atoms with Gasteiger partial charge in [0.25, 0.3) is 0 Å². The van der Waals surface area contributed by atoms with Crippen LogP contribution in [-0.2, 0) is 0 Å². The van der Waals surface area contributed by atoms with E-state index in [0.717, 1.165) is 12.0 Å². The van der Waals surface area contributed by atoms with Crippen molar-refractivity contribution in [1.82, 2.24) is 10.3 Å². The lowest BCUT2D eigenvalue weighted by molar-refractivity contribution is 0.550. The number of rotatable bonds is 3. The number of hydrogen-bond acceptors (Lipinski definition) is 3. The van der Waals surface area contributed by atoms with Crippen molar-refractivity contribution in [3.05, 3.63) is 23.9 Å². The van der Waals surface area contributed by atoms with E-state index in [2.05, 4.69) is 34.3 Å². The van der Waals surface area contributed by atoms with Gasteiger partial charge >= 0.3 is 0 Å². The number of piperidine rings is 1. The molecule has 3 nitrogen and oxygen atoms in total. The first-order valence-electron chi connectivity index (χ1n) is 6.68. The van der Waals surface area contributed by atoms with Crippen molar-refractivity contribution in [2.45, 2.75) is 38.3 Å². The molecule has 3 atom stereocenters. The molecule has 3 unspecified atom stereocenters. The van der Waals surface area contributed by atoms with Crippen molar-refractivity contribution >= 4 is 5.82 Å². The molecule has 1 aromatic rings. The molecule has 1 aliphatic heterocycles. The van der Waals surface area contributed by atoms with Crippen molar-refractivity contribution in [3.8, 4) is 0 Å². The van der Waals surface area contributed by atoms with Gasteiger partial charge in [0.1, 0.15) is 5.82 Å². The third-order valence-electron chi connectivity index (χ3n) is 4.41. The molecule has 2 aliphatic rings. The maximum absolute atomic E-state index is 4.63. The van der Waals surface area contributed by atoms with E-state index in [1.165, 1.54) is 37.2 Å². The Bertz CT molecular complexity index is 387. The van der Waals surface area contributed by atoms with E-state index in [1.807, 2.05) is 13.2 Å². The molecular formula is C14H21N3. The summed E-state index contributed by atoms with van der Waals surface area (Å²) in [4.78, 5) is 7.14. The smallest absolute Gasteiger partial charge is 0.128 e. The van der Waals surface area contributed by atoms with Crippen LogP contribution < -0.4 is 10.2 Å². The quantitative estimate of drug-likeness (QED) is 0.865. The number of nitrogens with zero attached hydrogens (tertiary/aromatic N) is 2. The van der Waals surface area contributed by atoms with Gasteiger partial charge in [-0.1, -0.05) is 6.07 Å². The van der Waals surface area contributed by atoms with Crippen LogP contribution in [0.3, 0.4) is 0 Å². The molecule has 0 radical (unpaired) electrons. The third-order valence-corrected chi connectivity index (χ3v) is 4.41. The zero-order valence-electron chi connectivity index (χ0n) is 10.7. The van der Waals surface area contributed by atoms with Gasteiger partial charge in [-0.15, -0.1) is 0 Å². The molecule has 1 saturated carbocycles. The van der Waals surface area contributed by atoms with Crippen molar-refractivity contribution in [2.24, 2.45) is 5.92 Å². The monoisotopic (exact) mass is 231 g/mol. The maximum Gasteiger partial charge on any atom is 0.128 e. The molecule has 2 bridgehead atoms. The third kappa shape index (κ3) is 1.93. The highest BCUT2D eigenvalue weighted by Gasteiger charge is 2.38. The molecule has 3 heteroatoms. The van der Waals surface area contributed by atoms with E-state index in [4.69, 9.17) is 0 Å². The fourth-order valence-electron chi connectivity index (χ4n) is 3.20. The summed E-state index contributed by atoms with van der Waals surface area (Å²) >= 11 is 0. The number of fused-ring (bicyclic) bond motifs is 2. The van der Waals surface area contributed by atoms with Gasteiger partial charge in [-0.3, -0.25) is 0 Å². The molecule has 92 valence electrons. The van der Waals surface area contributed by atoms with Crippen LogP contribution in [-0.4, -0.2) is 24.6 Å². The highest BCUT2D eigenvalue weighted by atomic mass is 15.2. The Kier molecular flexibility index (Phi) is 2.79. The zero-order chi connectivity index (χ0) is 11.8. The molecule has 17 heavy (non-hydrogen) atoms. The summed E-state index contributed by atoms with van der Waals surface area (Å²) in [6.07, 6.45) is 6.19. The normalized spacial score (nSPS) is 28.7. The van der Waals surface area contributed by atoms with Crippen LogP contribution in [0.15, 0.2) is 18.3 Å². The predicted octanol–water partition coefficient (Wildman–Crippen LogP) is 2.35. The van der Waals surface area contributed by atoms with E-state index >= 15 is 0 Å². The zero-order valence-corrected chi connectivity index (χ0v) is 10.7. The summed E-state index contributed by atoms with van der Waals surface area (Å²) in [6, 6.07) is 5.53. The molecule has 2 fully saturated rings. The molecule has 1 aromatic heterocycles. The van der Waals surface area contributed by atoms with Crippen molar-refractivity contribution in [3.63, 3.8) is 0 Å². The molecule has 1 saturated heterocycles. The number of anilines is 1. The fraction of sp³-hybridized carbons (Fsp3) is 0.643. The maximum atomic E-state index is 4.63. The summed E-state index contributed by atoms with van der Waals surface area (Å²) < 4.78 is 0. The summed E-state index contributed by atoms with van der Waals surface area (Å²) in [5.74, 6) is 2.10. The lowest BCUT2D eigenvalue weighted by Gasteiger charge is -2.28. The Morgan fingerprint density at radius 2 is 2.29 bits per heavy atom. The second-order valence-corrected chi connectivity index (χ2v) is 5.45. The molecule has 2 heterocycles. The van der Waals surface area contributed by atoms with E-state index in [0.29, 0.717) is 6.04 Å². The molecule has 1 N–H and O–H groups in total. The number of aromatic nitrogens is 1. The van der Waals surface area contributed by atoms with Gasteiger partial charge in [0.05, 0.1) is 0 Å². The first kappa shape index (κ1) is 11.0. The summed E-state index contributed by atoms with van der Waals surface area (Å²) in [5.41, 5.74) is 1.26. The summed E-state index contributed by atoms with van der Waals surface area (Å²) in [7, 11) is 1.98. The van der Waals surface area contributed by atoms with Crippen LogP contribution in [0.1, 0.15) is 37.8 Å². The minimum Gasteiger partial charge on any atom is -0.353 e. The number of hydrogen-bond donors (Lipinski definition) is 1. The second kappa shape index (κ2) is 4.30. The van der Waals surface area contributed by atoms with Crippen LogP contribution in [0.5, 0.6) is 0 Å².